The molecule has 0 spiro atoms. The quantitative estimate of drug-likeness (QED) is 0.864. The van der Waals surface area contributed by atoms with Gasteiger partial charge in [0.25, 0.3) is 10.2 Å². The topological polar surface area (TPSA) is 88.3 Å². The normalized spacial score (nSPS) is 19.2. The highest BCUT2D eigenvalue weighted by Crippen LogP contribution is 2.33. The van der Waals surface area contributed by atoms with Crippen LogP contribution in [0.2, 0.25) is 0 Å². The first kappa shape index (κ1) is 17.1. The van der Waals surface area contributed by atoms with Crippen LogP contribution in [0.1, 0.15) is 55.9 Å². The minimum Gasteiger partial charge on any atom is -0.338 e. The van der Waals surface area contributed by atoms with Gasteiger partial charge in [0.1, 0.15) is 6.04 Å². The summed E-state index contributed by atoms with van der Waals surface area (Å²) in [6.07, 6.45) is 1.46. The fraction of sp³-hybridized carbons (Fsp3) is 0.500. The van der Waals surface area contributed by atoms with Crippen molar-refractivity contribution in [1.82, 2.24) is 19.2 Å². The highest BCUT2D eigenvalue weighted by atomic mass is 32.2. The number of aromatic nitrogens is 2. The molecule has 1 aliphatic rings. The van der Waals surface area contributed by atoms with Crippen LogP contribution < -0.4 is 4.72 Å². The van der Waals surface area contributed by atoms with Crippen molar-refractivity contribution in [3.63, 3.8) is 0 Å². The van der Waals surface area contributed by atoms with Crippen molar-refractivity contribution in [2.45, 2.75) is 45.2 Å². The fourth-order valence-corrected chi connectivity index (χ4v) is 4.16. The van der Waals surface area contributed by atoms with Gasteiger partial charge in [-0.25, -0.2) is 0 Å². The Hall–Kier alpha value is -1.77. The number of nitrogens with one attached hydrogen (secondary N) is 1. The van der Waals surface area contributed by atoms with E-state index in [9.17, 15) is 8.42 Å². The molecule has 1 unspecified atom stereocenters. The largest absolute Gasteiger partial charge is 0.338 e. The molecule has 24 heavy (non-hydrogen) atoms. The molecule has 1 aliphatic heterocycles. The predicted molar refractivity (Wildman–Crippen MR) is 89.3 cm³/mol. The number of rotatable bonds is 6. The highest BCUT2D eigenvalue weighted by molar-refractivity contribution is 7.87. The average Bonchev–Trinajstić information content (AvgIpc) is 3.23. The molecule has 2 heterocycles. The lowest BCUT2D eigenvalue weighted by Crippen LogP contribution is -2.40. The highest BCUT2D eigenvalue weighted by Gasteiger charge is 2.38. The van der Waals surface area contributed by atoms with Crippen molar-refractivity contribution >= 4 is 10.2 Å². The summed E-state index contributed by atoms with van der Waals surface area (Å²) in [5, 5.41) is 3.94. The molecular weight excluding hydrogens is 328 g/mol. The van der Waals surface area contributed by atoms with E-state index in [0.717, 1.165) is 12.0 Å². The molecule has 8 heteroatoms. The molecule has 7 nitrogen and oxygen atoms in total. The van der Waals surface area contributed by atoms with Crippen molar-refractivity contribution in [3.8, 4) is 0 Å². The number of hydrogen-bond donors (Lipinski definition) is 1. The van der Waals surface area contributed by atoms with Crippen LogP contribution in [0.3, 0.4) is 0 Å². The summed E-state index contributed by atoms with van der Waals surface area (Å²) in [6, 6.07) is 9.05. The molecule has 0 aliphatic carbocycles. The molecule has 1 aromatic carbocycles. The zero-order valence-electron chi connectivity index (χ0n) is 13.8. The Balaban J connectivity index is 1.73. The molecule has 0 amide bonds. The van der Waals surface area contributed by atoms with E-state index in [4.69, 9.17) is 4.52 Å². The van der Waals surface area contributed by atoms with Gasteiger partial charge in [0.2, 0.25) is 5.89 Å². The van der Waals surface area contributed by atoms with Crippen LogP contribution >= 0.6 is 0 Å². The summed E-state index contributed by atoms with van der Waals surface area (Å²) in [6.45, 7) is 4.65. The SMILES string of the molecule is CC(C)c1noc(C2CCCN2S(=O)(=O)NCc2ccccc2)n1. The van der Waals surface area contributed by atoms with Crippen molar-refractivity contribution < 1.29 is 12.9 Å². The predicted octanol–water partition coefficient (Wildman–Crippen LogP) is 2.36. The number of hydrogen-bond acceptors (Lipinski definition) is 5. The van der Waals surface area contributed by atoms with Crippen LogP contribution in [-0.2, 0) is 16.8 Å². The minimum absolute atomic E-state index is 0.144. The molecular formula is C16H22N4O3S. The first-order valence-electron chi connectivity index (χ1n) is 8.11. The van der Waals surface area contributed by atoms with Gasteiger partial charge in [-0.3, -0.25) is 0 Å². The lowest BCUT2D eigenvalue weighted by Gasteiger charge is -2.21. The van der Waals surface area contributed by atoms with Crippen molar-refractivity contribution in [2.24, 2.45) is 0 Å². The molecule has 130 valence electrons. The fourth-order valence-electron chi connectivity index (χ4n) is 2.75. The van der Waals surface area contributed by atoms with Gasteiger partial charge in [0.15, 0.2) is 5.82 Å². The molecule has 1 fully saturated rings. The van der Waals surface area contributed by atoms with E-state index in [1.807, 2.05) is 44.2 Å². The van der Waals surface area contributed by atoms with E-state index in [-0.39, 0.29) is 12.5 Å². The Labute approximate surface area is 142 Å². The second-order valence-corrected chi connectivity index (χ2v) is 7.93. The van der Waals surface area contributed by atoms with E-state index < -0.39 is 16.3 Å². The maximum absolute atomic E-state index is 12.7. The first-order chi connectivity index (χ1) is 11.5. The van der Waals surface area contributed by atoms with E-state index in [2.05, 4.69) is 14.9 Å². The maximum atomic E-state index is 12.7. The molecule has 1 aromatic heterocycles. The molecule has 1 N–H and O–H groups in total. The van der Waals surface area contributed by atoms with E-state index >= 15 is 0 Å². The van der Waals surface area contributed by atoms with Gasteiger partial charge >= 0.3 is 0 Å². The maximum Gasteiger partial charge on any atom is 0.280 e. The summed E-state index contributed by atoms with van der Waals surface area (Å²) < 4.78 is 34.7. The van der Waals surface area contributed by atoms with Crippen molar-refractivity contribution in [1.29, 1.82) is 0 Å². The van der Waals surface area contributed by atoms with Crippen LogP contribution in [0.25, 0.3) is 0 Å². The molecule has 0 radical (unpaired) electrons. The van der Waals surface area contributed by atoms with Gasteiger partial charge < -0.3 is 4.52 Å². The Morgan fingerprint density at radius 3 is 2.75 bits per heavy atom. The van der Waals surface area contributed by atoms with Gasteiger partial charge in [-0.1, -0.05) is 49.3 Å². The standard InChI is InChI=1S/C16H22N4O3S/c1-12(2)15-18-16(23-19-15)14-9-6-10-20(14)24(21,22)17-11-13-7-4-3-5-8-13/h3-5,7-8,12,14,17H,6,9-11H2,1-2H3. The number of benzene rings is 1. The average molecular weight is 350 g/mol. The van der Waals surface area contributed by atoms with Gasteiger partial charge in [0, 0.05) is 19.0 Å². The smallest absolute Gasteiger partial charge is 0.280 e. The zero-order valence-corrected chi connectivity index (χ0v) is 14.7. The Morgan fingerprint density at radius 2 is 2.08 bits per heavy atom. The molecule has 3 rings (SSSR count). The monoisotopic (exact) mass is 350 g/mol. The van der Waals surface area contributed by atoms with Crippen molar-refractivity contribution in [3.05, 3.63) is 47.6 Å². The van der Waals surface area contributed by atoms with Crippen LogP contribution in [0.15, 0.2) is 34.9 Å². The van der Waals surface area contributed by atoms with Crippen molar-refractivity contribution in [2.75, 3.05) is 6.54 Å². The molecule has 0 bridgehead atoms. The summed E-state index contributed by atoms with van der Waals surface area (Å²) in [7, 11) is -3.61. The summed E-state index contributed by atoms with van der Waals surface area (Å²) in [5.74, 6) is 1.12. The zero-order chi connectivity index (χ0) is 17.2. The first-order valence-corrected chi connectivity index (χ1v) is 9.55. The van der Waals surface area contributed by atoms with Crippen LogP contribution in [0.4, 0.5) is 0 Å². The minimum atomic E-state index is -3.61. The lowest BCUT2D eigenvalue weighted by atomic mass is 10.2. The van der Waals surface area contributed by atoms with Crippen LogP contribution in [0, 0.1) is 0 Å². The van der Waals surface area contributed by atoms with Gasteiger partial charge in [-0.2, -0.15) is 22.4 Å². The molecule has 0 saturated carbocycles. The Kier molecular flexibility index (Phi) is 4.98. The molecule has 2 aromatic rings. The van der Waals surface area contributed by atoms with Gasteiger partial charge in [-0.05, 0) is 18.4 Å². The summed E-state index contributed by atoms with van der Waals surface area (Å²) in [4.78, 5) is 4.36. The second kappa shape index (κ2) is 7.00. The Morgan fingerprint density at radius 1 is 1.33 bits per heavy atom. The van der Waals surface area contributed by atoms with Gasteiger partial charge in [-0.15, -0.1) is 0 Å². The van der Waals surface area contributed by atoms with Crippen LogP contribution in [0.5, 0.6) is 0 Å². The third kappa shape index (κ3) is 3.66. The summed E-state index contributed by atoms with van der Waals surface area (Å²) in [5.41, 5.74) is 0.914. The molecule has 1 saturated heterocycles. The summed E-state index contributed by atoms with van der Waals surface area (Å²) >= 11 is 0. The molecule has 1 atom stereocenters. The van der Waals surface area contributed by atoms with E-state index in [1.165, 1.54) is 4.31 Å². The van der Waals surface area contributed by atoms with Gasteiger partial charge in [0.05, 0.1) is 0 Å². The van der Waals surface area contributed by atoms with Crippen LogP contribution in [-0.4, -0.2) is 29.4 Å². The lowest BCUT2D eigenvalue weighted by molar-refractivity contribution is 0.287. The second-order valence-electron chi connectivity index (χ2n) is 6.23. The van der Waals surface area contributed by atoms with E-state index in [1.54, 1.807) is 0 Å². The number of nitrogens with zero attached hydrogens (tertiary/aromatic N) is 3. The third-order valence-corrected chi connectivity index (χ3v) is 5.64. The van der Waals surface area contributed by atoms with E-state index in [0.29, 0.717) is 24.7 Å². The Bertz CT molecular complexity index is 774. The third-order valence-electron chi connectivity index (χ3n) is 4.07.